The van der Waals surface area contributed by atoms with Gasteiger partial charge in [-0.3, -0.25) is 4.79 Å². The van der Waals surface area contributed by atoms with Gasteiger partial charge in [-0.05, 0) is 18.8 Å². The molecule has 14 heavy (non-hydrogen) atoms. The van der Waals surface area contributed by atoms with Crippen LogP contribution < -0.4 is 0 Å². The van der Waals surface area contributed by atoms with Gasteiger partial charge in [0, 0.05) is 19.0 Å². The fourth-order valence-electron chi connectivity index (χ4n) is 1.73. The predicted molar refractivity (Wildman–Crippen MR) is 55.8 cm³/mol. The van der Waals surface area contributed by atoms with Crippen LogP contribution in [0, 0.1) is 11.8 Å². The van der Waals surface area contributed by atoms with E-state index in [-0.39, 0.29) is 17.9 Å². The van der Waals surface area contributed by atoms with Gasteiger partial charge in [0.05, 0.1) is 6.10 Å². The summed E-state index contributed by atoms with van der Waals surface area (Å²) < 4.78 is 0. The molecule has 0 aromatic rings. The maximum absolute atomic E-state index is 11.9. The van der Waals surface area contributed by atoms with E-state index in [9.17, 15) is 9.90 Å². The minimum absolute atomic E-state index is 0.0697. The first-order valence-corrected chi connectivity index (χ1v) is 5.49. The Bertz CT molecular complexity index is 203. The molecule has 1 amide bonds. The first-order chi connectivity index (χ1) is 6.52. The fourth-order valence-corrected chi connectivity index (χ4v) is 1.73. The summed E-state index contributed by atoms with van der Waals surface area (Å²) in [6.07, 6.45) is 1.45. The van der Waals surface area contributed by atoms with Gasteiger partial charge in [-0.15, -0.1) is 0 Å². The maximum Gasteiger partial charge on any atom is 0.225 e. The fraction of sp³-hybridized carbons (Fsp3) is 0.909. The Labute approximate surface area is 86.1 Å². The molecule has 1 unspecified atom stereocenters. The van der Waals surface area contributed by atoms with Crippen LogP contribution in [0.4, 0.5) is 0 Å². The lowest BCUT2D eigenvalue weighted by atomic mass is 9.95. The third-order valence-corrected chi connectivity index (χ3v) is 3.10. The lowest BCUT2D eigenvalue weighted by Gasteiger charge is -2.33. The number of likely N-dealkylation sites (tertiary alicyclic amines) is 1. The van der Waals surface area contributed by atoms with E-state index in [1.165, 1.54) is 0 Å². The van der Waals surface area contributed by atoms with E-state index in [1.54, 1.807) is 4.90 Å². The molecule has 82 valence electrons. The molecule has 1 N–H and O–H groups in total. The van der Waals surface area contributed by atoms with Gasteiger partial charge < -0.3 is 10.0 Å². The van der Waals surface area contributed by atoms with Crippen molar-refractivity contribution in [3.63, 3.8) is 0 Å². The minimum Gasteiger partial charge on any atom is -0.391 e. The van der Waals surface area contributed by atoms with Crippen LogP contribution in [0.1, 0.15) is 33.6 Å². The molecule has 2 atom stereocenters. The number of carbonyl (C=O) groups excluding carboxylic acids is 1. The summed E-state index contributed by atoms with van der Waals surface area (Å²) >= 11 is 0. The second-order valence-electron chi connectivity index (χ2n) is 4.61. The van der Waals surface area contributed by atoms with Gasteiger partial charge in [-0.2, -0.15) is 0 Å². The Morgan fingerprint density at radius 1 is 1.43 bits per heavy atom. The Hall–Kier alpha value is -0.570. The molecule has 1 fully saturated rings. The maximum atomic E-state index is 11.9. The summed E-state index contributed by atoms with van der Waals surface area (Å²) in [7, 11) is 0. The Kier molecular flexibility index (Phi) is 3.93. The van der Waals surface area contributed by atoms with Gasteiger partial charge in [-0.1, -0.05) is 20.8 Å². The van der Waals surface area contributed by atoms with Crippen LogP contribution in [-0.2, 0) is 4.79 Å². The van der Waals surface area contributed by atoms with Crippen molar-refractivity contribution >= 4 is 5.91 Å². The topological polar surface area (TPSA) is 40.5 Å². The van der Waals surface area contributed by atoms with Crippen molar-refractivity contribution in [1.82, 2.24) is 4.90 Å². The average molecular weight is 199 g/mol. The number of β-amino-alcohol motifs (C(OH)–C–C–N with tert-alkyl or cyclic N) is 1. The standard InChI is InChI=1S/C11H21NO2/c1-8(2)9(3)11(14)12-6-4-5-10(13)7-12/h8-10,13H,4-7H2,1-3H3/t9?,10-/m0/s1. The van der Waals surface area contributed by atoms with Crippen molar-refractivity contribution < 1.29 is 9.90 Å². The van der Waals surface area contributed by atoms with Crippen LogP contribution in [0.5, 0.6) is 0 Å². The zero-order valence-corrected chi connectivity index (χ0v) is 9.36. The predicted octanol–water partition coefficient (Wildman–Crippen LogP) is 1.26. The smallest absolute Gasteiger partial charge is 0.225 e. The summed E-state index contributed by atoms with van der Waals surface area (Å²) in [6, 6.07) is 0. The summed E-state index contributed by atoms with van der Waals surface area (Å²) in [6.45, 7) is 7.42. The van der Waals surface area contributed by atoms with E-state index in [1.807, 2.05) is 6.92 Å². The molecule has 1 saturated heterocycles. The normalized spacial score (nSPS) is 25.2. The SMILES string of the molecule is CC(C)C(C)C(=O)N1CCC[C@H](O)C1. The molecule has 0 saturated carbocycles. The molecular formula is C11H21NO2. The van der Waals surface area contributed by atoms with Gasteiger partial charge in [-0.25, -0.2) is 0 Å². The van der Waals surface area contributed by atoms with Crippen LogP contribution in [0.25, 0.3) is 0 Å². The number of nitrogens with zero attached hydrogens (tertiary/aromatic N) is 1. The third-order valence-electron chi connectivity index (χ3n) is 3.10. The van der Waals surface area contributed by atoms with E-state index in [2.05, 4.69) is 13.8 Å². The number of hydrogen-bond acceptors (Lipinski definition) is 2. The summed E-state index contributed by atoms with van der Waals surface area (Å²) in [5.41, 5.74) is 0. The second kappa shape index (κ2) is 4.78. The first kappa shape index (κ1) is 11.5. The monoisotopic (exact) mass is 199 g/mol. The molecule has 1 aliphatic rings. The number of aliphatic hydroxyl groups is 1. The highest BCUT2D eigenvalue weighted by atomic mass is 16.3. The molecule has 0 aromatic heterocycles. The summed E-state index contributed by atoms with van der Waals surface area (Å²) in [5, 5.41) is 9.45. The largest absolute Gasteiger partial charge is 0.391 e. The highest BCUT2D eigenvalue weighted by Crippen LogP contribution is 2.17. The van der Waals surface area contributed by atoms with Crippen molar-refractivity contribution in [1.29, 1.82) is 0 Å². The number of hydrogen-bond donors (Lipinski definition) is 1. The van der Waals surface area contributed by atoms with Crippen molar-refractivity contribution in [3.05, 3.63) is 0 Å². The zero-order valence-electron chi connectivity index (χ0n) is 9.36. The Morgan fingerprint density at radius 2 is 2.07 bits per heavy atom. The molecule has 3 nitrogen and oxygen atoms in total. The molecule has 0 radical (unpaired) electrons. The highest BCUT2D eigenvalue weighted by molar-refractivity contribution is 5.78. The molecule has 1 heterocycles. The lowest BCUT2D eigenvalue weighted by Crippen LogP contribution is -2.45. The van der Waals surface area contributed by atoms with E-state index in [4.69, 9.17) is 0 Å². The van der Waals surface area contributed by atoms with Crippen LogP contribution >= 0.6 is 0 Å². The molecule has 1 aliphatic heterocycles. The molecule has 0 bridgehead atoms. The van der Waals surface area contributed by atoms with Crippen molar-refractivity contribution in [2.45, 2.75) is 39.7 Å². The quantitative estimate of drug-likeness (QED) is 0.727. The van der Waals surface area contributed by atoms with Gasteiger partial charge in [0.2, 0.25) is 5.91 Å². The van der Waals surface area contributed by atoms with Gasteiger partial charge in [0.25, 0.3) is 0 Å². The number of piperidine rings is 1. The molecule has 0 aliphatic carbocycles. The van der Waals surface area contributed by atoms with Gasteiger partial charge >= 0.3 is 0 Å². The first-order valence-electron chi connectivity index (χ1n) is 5.49. The van der Waals surface area contributed by atoms with E-state index < -0.39 is 0 Å². The summed E-state index contributed by atoms with van der Waals surface area (Å²) in [4.78, 5) is 13.7. The number of aliphatic hydroxyl groups excluding tert-OH is 1. The Morgan fingerprint density at radius 3 is 2.57 bits per heavy atom. The van der Waals surface area contributed by atoms with Crippen LogP contribution in [-0.4, -0.2) is 35.1 Å². The number of rotatable bonds is 2. The number of amides is 1. The molecular weight excluding hydrogens is 178 g/mol. The van der Waals surface area contributed by atoms with Crippen LogP contribution in [0.2, 0.25) is 0 Å². The average Bonchev–Trinajstić information content (AvgIpc) is 2.15. The summed E-state index contributed by atoms with van der Waals surface area (Å²) in [5.74, 6) is 0.639. The zero-order chi connectivity index (χ0) is 10.7. The second-order valence-corrected chi connectivity index (χ2v) is 4.61. The van der Waals surface area contributed by atoms with Gasteiger partial charge in [0.1, 0.15) is 0 Å². The third kappa shape index (κ3) is 2.71. The Balaban J connectivity index is 2.51. The van der Waals surface area contributed by atoms with Gasteiger partial charge in [0.15, 0.2) is 0 Å². The lowest BCUT2D eigenvalue weighted by molar-refractivity contribution is -0.139. The van der Waals surface area contributed by atoms with E-state index in [0.717, 1.165) is 19.4 Å². The van der Waals surface area contributed by atoms with E-state index >= 15 is 0 Å². The highest BCUT2D eigenvalue weighted by Gasteiger charge is 2.26. The van der Waals surface area contributed by atoms with E-state index in [0.29, 0.717) is 12.5 Å². The minimum atomic E-state index is -0.313. The number of carbonyl (C=O) groups is 1. The molecule has 0 spiro atoms. The molecule has 3 heteroatoms. The van der Waals surface area contributed by atoms with Crippen LogP contribution in [0.3, 0.4) is 0 Å². The molecule has 1 rings (SSSR count). The van der Waals surface area contributed by atoms with Crippen molar-refractivity contribution in [2.24, 2.45) is 11.8 Å². The van der Waals surface area contributed by atoms with Crippen LogP contribution in [0.15, 0.2) is 0 Å². The molecule has 0 aromatic carbocycles. The van der Waals surface area contributed by atoms with Crippen molar-refractivity contribution in [2.75, 3.05) is 13.1 Å². The van der Waals surface area contributed by atoms with Crippen molar-refractivity contribution in [3.8, 4) is 0 Å².